The fourth-order valence-electron chi connectivity index (χ4n) is 4.34. The highest BCUT2D eigenvalue weighted by Crippen LogP contribution is 2.45. The molecule has 2 aromatic carbocycles. The highest BCUT2D eigenvalue weighted by Gasteiger charge is 2.49. The first kappa shape index (κ1) is 20.9. The number of nitrogens with one attached hydrogen (secondary N) is 1. The van der Waals surface area contributed by atoms with Crippen molar-refractivity contribution in [3.8, 4) is 0 Å². The quantitative estimate of drug-likeness (QED) is 0.683. The summed E-state index contributed by atoms with van der Waals surface area (Å²) in [4.78, 5) is 25.5. The topological polar surface area (TPSA) is 95.7 Å². The van der Waals surface area contributed by atoms with E-state index in [4.69, 9.17) is 5.73 Å². The summed E-state index contributed by atoms with van der Waals surface area (Å²) in [5.41, 5.74) is 5.68. The van der Waals surface area contributed by atoms with Crippen molar-refractivity contribution in [3.63, 3.8) is 0 Å². The highest BCUT2D eigenvalue weighted by molar-refractivity contribution is 6.00. The SMILES string of the molecule is NC12CC(c3ccccc3C(F)(F)F)=CC1CN(C(=O)Nc1ccccc1C(=O)O)C2. The van der Waals surface area contributed by atoms with E-state index in [1.54, 1.807) is 24.3 Å². The third kappa shape index (κ3) is 3.88. The van der Waals surface area contributed by atoms with E-state index < -0.39 is 29.3 Å². The number of amides is 2. The Morgan fingerprint density at radius 1 is 1.13 bits per heavy atom. The maximum absolute atomic E-state index is 13.4. The molecule has 0 saturated carbocycles. The number of rotatable bonds is 3. The minimum atomic E-state index is -4.47. The average Bonchev–Trinajstić information content (AvgIpc) is 3.19. The molecular weight excluding hydrogens is 411 g/mol. The molecule has 4 N–H and O–H groups in total. The fourth-order valence-corrected chi connectivity index (χ4v) is 4.34. The lowest BCUT2D eigenvalue weighted by Gasteiger charge is -2.25. The molecule has 2 unspecified atom stereocenters. The van der Waals surface area contributed by atoms with Gasteiger partial charge in [0.25, 0.3) is 0 Å². The second-order valence-electron chi connectivity index (χ2n) is 7.91. The second kappa shape index (κ2) is 7.42. The number of likely N-dealkylation sites (tertiary alicyclic amines) is 1. The Bertz CT molecular complexity index is 1080. The zero-order chi connectivity index (χ0) is 22.4. The van der Waals surface area contributed by atoms with Crippen molar-refractivity contribution in [2.45, 2.75) is 18.1 Å². The number of alkyl halides is 3. The molecule has 9 heteroatoms. The van der Waals surface area contributed by atoms with Crippen molar-refractivity contribution >= 4 is 23.3 Å². The number of benzene rings is 2. The van der Waals surface area contributed by atoms with E-state index in [1.165, 1.54) is 29.2 Å². The molecule has 4 rings (SSSR count). The zero-order valence-corrected chi connectivity index (χ0v) is 16.3. The van der Waals surface area contributed by atoms with Gasteiger partial charge in [-0.15, -0.1) is 0 Å². The van der Waals surface area contributed by atoms with Crippen molar-refractivity contribution < 1.29 is 27.9 Å². The van der Waals surface area contributed by atoms with Gasteiger partial charge < -0.3 is 21.1 Å². The molecule has 0 aromatic heterocycles. The molecule has 1 heterocycles. The zero-order valence-electron chi connectivity index (χ0n) is 16.3. The van der Waals surface area contributed by atoms with Crippen LogP contribution in [0.15, 0.2) is 54.6 Å². The standard InChI is InChI=1S/C22H20F3N3O3/c23-22(24,25)17-7-3-1-5-15(17)13-9-14-11-28(12-21(14,26)10-13)20(31)27-18-8-4-2-6-16(18)19(29)30/h1-9,14H,10-12,26H2,(H,27,31)(H,29,30). The molecule has 1 aliphatic heterocycles. The van der Waals surface area contributed by atoms with Crippen LogP contribution in [0.2, 0.25) is 0 Å². The molecule has 0 radical (unpaired) electrons. The van der Waals surface area contributed by atoms with Gasteiger partial charge in [-0.3, -0.25) is 0 Å². The first-order valence-electron chi connectivity index (χ1n) is 9.63. The second-order valence-corrected chi connectivity index (χ2v) is 7.91. The molecule has 2 atom stereocenters. The summed E-state index contributed by atoms with van der Waals surface area (Å²) in [6, 6.07) is 10.9. The number of carboxylic acid groups (broad SMARTS) is 1. The summed E-state index contributed by atoms with van der Waals surface area (Å²) in [6.07, 6.45) is -2.54. The molecule has 2 aromatic rings. The van der Waals surface area contributed by atoms with E-state index in [2.05, 4.69) is 5.32 Å². The Kier molecular flexibility index (Phi) is 5.01. The Morgan fingerprint density at radius 2 is 1.81 bits per heavy atom. The van der Waals surface area contributed by atoms with E-state index in [1.807, 2.05) is 0 Å². The summed E-state index contributed by atoms with van der Waals surface area (Å²) in [6.45, 7) is 0.377. The van der Waals surface area contributed by atoms with Crippen LogP contribution in [0, 0.1) is 5.92 Å². The third-order valence-electron chi connectivity index (χ3n) is 5.83. The first-order chi connectivity index (χ1) is 14.6. The highest BCUT2D eigenvalue weighted by atomic mass is 19.4. The van der Waals surface area contributed by atoms with Crippen LogP contribution in [-0.2, 0) is 6.18 Å². The van der Waals surface area contributed by atoms with Crippen molar-refractivity contribution in [2.75, 3.05) is 18.4 Å². The van der Waals surface area contributed by atoms with Gasteiger partial charge in [-0.25, -0.2) is 9.59 Å². The Labute approximate surface area is 176 Å². The summed E-state index contributed by atoms with van der Waals surface area (Å²) in [5, 5.41) is 11.9. The molecular formula is C22H20F3N3O3. The number of carbonyl (C=O) groups is 2. The Hall–Kier alpha value is -3.33. The van der Waals surface area contributed by atoms with Crippen molar-refractivity contribution in [1.82, 2.24) is 4.90 Å². The Balaban J connectivity index is 1.53. The van der Waals surface area contributed by atoms with E-state index >= 15 is 0 Å². The van der Waals surface area contributed by atoms with Crippen LogP contribution in [-0.4, -0.2) is 40.6 Å². The number of urea groups is 1. The Morgan fingerprint density at radius 3 is 2.48 bits per heavy atom. The van der Waals surface area contributed by atoms with Gasteiger partial charge in [-0.05, 0) is 35.8 Å². The van der Waals surface area contributed by atoms with Gasteiger partial charge in [0.1, 0.15) is 0 Å². The predicted octanol–water partition coefficient (Wildman–Crippen LogP) is 4.05. The monoisotopic (exact) mass is 431 g/mol. The average molecular weight is 431 g/mol. The van der Waals surface area contributed by atoms with Gasteiger partial charge in [-0.1, -0.05) is 36.4 Å². The maximum atomic E-state index is 13.4. The number of nitrogens with zero attached hydrogens (tertiary/aromatic N) is 1. The number of anilines is 1. The predicted molar refractivity (Wildman–Crippen MR) is 108 cm³/mol. The molecule has 2 aliphatic rings. The third-order valence-corrected chi connectivity index (χ3v) is 5.83. The van der Waals surface area contributed by atoms with Crippen molar-refractivity contribution in [3.05, 3.63) is 71.3 Å². The van der Waals surface area contributed by atoms with Gasteiger partial charge in [-0.2, -0.15) is 13.2 Å². The smallest absolute Gasteiger partial charge is 0.416 e. The molecule has 0 bridgehead atoms. The van der Waals surface area contributed by atoms with E-state index in [0.29, 0.717) is 5.57 Å². The fraction of sp³-hybridized carbons (Fsp3) is 0.273. The van der Waals surface area contributed by atoms with Gasteiger partial charge in [0, 0.05) is 24.5 Å². The molecule has 0 spiro atoms. The molecule has 1 aliphatic carbocycles. The van der Waals surface area contributed by atoms with Gasteiger partial charge in [0.05, 0.1) is 16.8 Å². The molecule has 162 valence electrons. The summed E-state index contributed by atoms with van der Waals surface area (Å²) < 4.78 is 40.2. The van der Waals surface area contributed by atoms with Gasteiger partial charge >= 0.3 is 18.2 Å². The number of nitrogens with two attached hydrogens (primary N) is 1. The number of carboxylic acids is 1. The molecule has 1 fully saturated rings. The molecule has 1 saturated heterocycles. The van der Waals surface area contributed by atoms with Crippen LogP contribution >= 0.6 is 0 Å². The molecule has 6 nitrogen and oxygen atoms in total. The number of halogens is 3. The largest absolute Gasteiger partial charge is 0.478 e. The lowest BCUT2D eigenvalue weighted by Crippen LogP contribution is -2.46. The molecule has 31 heavy (non-hydrogen) atoms. The van der Waals surface area contributed by atoms with Crippen LogP contribution in [0.25, 0.3) is 5.57 Å². The van der Waals surface area contributed by atoms with Crippen LogP contribution in [0.3, 0.4) is 0 Å². The van der Waals surface area contributed by atoms with Crippen molar-refractivity contribution in [2.24, 2.45) is 11.7 Å². The first-order valence-corrected chi connectivity index (χ1v) is 9.63. The van der Waals surface area contributed by atoms with Crippen LogP contribution in [0.5, 0.6) is 0 Å². The maximum Gasteiger partial charge on any atom is 0.416 e. The number of fused-ring (bicyclic) bond motifs is 1. The number of hydrogen-bond donors (Lipinski definition) is 3. The lowest BCUT2D eigenvalue weighted by molar-refractivity contribution is -0.137. The lowest BCUT2D eigenvalue weighted by atomic mass is 9.89. The number of hydrogen-bond acceptors (Lipinski definition) is 3. The van der Waals surface area contributed by atoms with Crippen LogP contribution < -0.4 is 11.1 Å². The number of aromatic carboxylic acids is 1. The summed E-state index contributed by atoms with van der Waals surface area (Å²) >= 11 is 0. The van der Waals surface area contributed by atoms with Crippen molar-refractivity contribution in [1.29, 1.82) is 0 Å². The van der Waals surface area contributed by atoms with E-state index in [0.717, 1.165) is 6.07 Å². The normalized spacial score (nSPS) is 22.8. The summed E-state index contributed by atoms with van der Waals surface area (Å²) in [7, 11) is 0. The van der Waals surface area contributed by atoms with E-state index in [9.17, 15) is 27.9 Å². The van der Waals surface area contributed by atoms with Gasteiger partial charge in [0.2, 0.25) is 0 Å². The number of para-hydroxylation sites is 1. The van der Waals surface area contributed by atoms with Crippen LogP contribution in [0.1, 0.15) is 27.9 Å². The minimum Gasteiger partial charge on any atom is -0.478 e. The van der Waals surface area contributed by atoms with E-state index in [-0.39, 0.29) is 42.2 Å². The summed E-state index contributed by atoms with van der Waals surface area (Å²) in [5.74, 6) is -1.47. The molecule has 2 amide bonds. The minimum absolute atomic E-state index is 0.0383. The number of carbonyl (C=O) groups excluding carboxylic acids is 1. The van der Waals surface area contributed by atoms with Gasteiger partial charge in [0.15, 0.2) is 0 Å². The van der Waals surface area contributed by atoms with Crippen LogP contribution in [0.4, 0.5) is 23.7 Å².